The van der Waals surface area contributed by atoms with Crippen molar-refractivity contribution < 1.29 is 9.59 Å². The molecule has 14 heavy (non-hydrogen) atoms. The van der Waals surface area contributed by atoms with Gasteiger partial charge in [-0.05, 0) is 6.42 Å². The molecule has 0 radical (unpaired) electrons. The molecule has 1 fully saturated rings. The molecular weight excluding hydrogens is 184 g/mol. The standard InChI is InChI=1S/C8H16N4O2/c9-7(13)8(14)11-2-1-4-12-5-3-10-6-12/h10H,1-6H2,(H2,9,13)(H,11,14). The van der Waals surface area contributed by atoms with Crippen LogP contribution < -0.4 is 16.4 Å². The molecule has 1 aliphatic heterocycles. The quantitative estimate of drug-likeness (QED) is 0.356. The number of nitrogens with zero attached hydrogens (tertiary/aromatic N) is 1. The lowest BCUT2D eigenvalue weighted by atomic mass is 10.4. The Morgan fingerprint density at radius 1 is 1.50 bits per heavy atom. The third-order valence-electron chi connectivity index (χ3n) is 2.10. The van der Waals surface area contributed by atoms with Crippen molar-refractivity contribution in [3.8, 4) is 0 Å². The smallest absolute Gasteiger partial charge is 0.309 e. The molecule has 6 nitrogen and oxygen atoms in total. The zero-order valence-corrected chi connectivity index (χ0v) is 8.08. The van der Waals surface area contributed by atoms with E-state index in [2.05, 4.69) is 15.5 Å². The van der Waals surface area contributed by atoms with Gasteiger partial charge in [0.25, 0.3) is 0 Å². The van der Waals surface area contributed by atoms with Crippen molar-refractivity contribution in [3.05, 3.63) is 0 Å². The maximum absolute atomic E-state index is 10.7. The molecule has 2 amide bonds. The number of carbonyl (C=O) groups is 2. The molecule has 1 saturated heterocycles. The first-order valence-electron chi connectivity index (χ1n) is 4.71. The minimum absolute atomic E-state index is 0.498. The molecule has 0 aliphatic carbocycles. The normalized spacial score (nSPS) is 16.9. The van der Waals surface area contributed by atoms with Crippen LogP contribution in [0.3, 0.4) is 0 Å². The van der Waals surface area contributed by atoms with Crippen molar-refractivity contribution in [1.29, 1.82) is 0 Å². The average molecular weight is 200 g/mol. The summed E-state index contributed by atoms with van der Waals surface area (Å²) in [6, 6.07) is 0. The molecule has 1 heterocycles. The first-order chi connectivity index (χ1) is 6.70. The third-order valence-corrected chi connectivity index (χ3v) is 2.10. The van der Waals surface area contributed by atoms with E-state index < -0.39 is 11.8 Å². The molecule has 0 unspecified atom stereocenters. The average Bonchev–Trinajstić information content (AvgIpc) is 2.64. The van der Waals surface area contributed by atoms with E-state index in [1.54, 1.807) is 0 Å². The Morgan fingerprint density at radius 3 is 2.86 bits per heavy atom. The largest absolute Gasteiger partial charge is 0.361 e. The fourth-order valence-corrected chi connectivity index (χ4v) is 1.34. The highest BCUT2D eigenvalue weighted by Gasteiger charge is 2.10. The topological polar surface area (TPSA) is 87.5 Å². The summed E-state index contributed by atoms with van der Waals surface area (Å²) >= 11 is 0. The number of primary amides is 1. The van der Waals surface area contributed by atoms with Gasteiger partial charge in [0, 0.05) is 32.8 Å². The Hall–Kier alpha value is -1.14. The number of nitrogens with two attached hydrogens (primary N) is 1. The number of nitrogens with one attached hydrogen (secondary N) is 2. The van der Waals surface area contributed by atoms with Crippen molar-refractivity contribution in [2.75, 3.05) is 32.8 Å². The van der Waals surface area contributed by atoms with E-state index in [9.17, 15) is 9.59 Å². The Kier molecular flexibility index (Phi) is 4.34. The molecule has 0 saturated carbocycles. The molecule has 0 aromatic heterocycles. The third kappa shape index (κ3) is 3.71. The highest BCUT2D eigenvalue weighted by molar-refractivity contribution is 6.34. The van der Waals surface area contributed by atoms with Gasteiger partial charge < -0.3 is 16.4 Å². The van der Waals surface area contributed by atoms with Crippen LogP contribution in [-0.2, 0) is 9.59 Å². The summed E-state index contributed by atoms with van der Waals surface area (Å²) in [6.45, 7) is 4.39. The SMILES string of the molecule is NC(=O)C(=O)NCCCN1CCNC1. The van der Waals surface area contributed by atoms with Crippen LogP contribution in [0.1, 0.15) is 6.42 Å². The molecular formula is C8H16N4O2. The molecule has 6 heteroatoms. The molecule has 4 N–H and O–H groups in total. The summed E-state index contributed by atoms with van der Waals surface area (Å²) in [5.41, 5.74) is 4.77. The molecule has 1 aliphatic rings. The van der Waals surface area contributed by atoms with Gasteiger partial charge in [-0.1, -0.05) is 0 Å². The number of carbonyl (C=O) groups excluding carboxylic acids is 2. The maximum Gasteiger partial charge on any atom is 0.309 e. The molecule has 0 aromatic carbocycles. The van der Waals surface area contributed by atoms with Gasteiger partial charge in [-0.15, -0.1) is 0 Å². The van der Waals surface area contributed by atoms with Crippen molar-refractivity contribution in [2.45, 2.75) is 6.42 Å². The fourth-order valence-electron chi connectivity index (χ4n) is 1.34. The number of hydrogen-bond donors (Lipinski definition) is 3. The van der Waals surface area contributed by atoms with Gasteiger partial charge in [-0.25, -0.2) is 0 Å². The van der Waals surface area contributed by atoms with E-state index in [-0.39, 0.29) is 0 Å². The minimum Gasteiger partial charge on any atom is -0.361 e. The van der Waals surface area contributed by atoms with Crippen LogP contribution in [0.25, 0.3) is 0 Å². The molecule has 0 aromatic rings. The van der Waals surface area contributed by atoms with Gasteiger partial charge >= 0.3 is 11.8 Å². The molecule has 0 atom stereocenters. The predicted octanol–water partition coefficient (Wildman–Crippen LogP) is -2.16. The lowest BCUT2D eigenvalue weighted by Gasteiger charge is -2.12. The van der Waals surface area contributed by atoms with Gasteiger partial charge in [0.2, 0.25) is 0 Å². The van der Waals surface area contributed by atoms with E-state index in [0.717, 1.165) is 32.7 Å². The monoisotopic (exact) mass is 200 g/mol. The number of rotatable bonds is 4. The summed E-state index contributed by atoms with van der Waals surface area (Å²) in [7, 11) is 0. The van der Waals surface area contributed by atoms with Gasteiger partial charge in [0.15, 0.2) is 0 Å². The Labute approximate surface area is 82.8 Å². The summed E-state index contributed by atoms with van der Waals surface area (Å²) in [5.74, 6) is -1.63. The first kappa shape index (κ1) is 10.9. The maximum atomic E-state index is 10.7. The second-order valence-corrected chi connectivity index (χ2v) is 3.25. The second kappa shape index (κ2) is 5.56. The number of hydrogen-bond acceptors (Lipinski definition) is 4. The second-order valence-electron chi connectivity index (χ2n) is 3.25. The van der Waals surface area contributed by atoms with Crippen molar-refractivity contribution in [2.24, 2.45) is 5.73 Å². The number of amides is 2. The Bertz CT molecular complexity index is 213. The van der Waals surface area contributed by atoms with Crippen LogP contribution >= 0.6 is 0 Å². The van der Waals surface area contributed by atoms with E-state index in [1.165, 1.54) is 0 Å². The van der Waals surface area contributed by atoms with Crippen LogP contribution in [0.15, 0.2) is 0 Å². The molecule has 80 valence electrons. The van der Waals surface area contributed by atoms with Crippen molar-refractivity contribution >= 4 is 11.8 Å². The summed E-state index contributed by atoms with van der Waals surface area (Å²) in [5, 5.41) is 5.65. The van der Waals surface area contributed by atoms with Crippen LogP contribution in [0.5, 0.6) is 0 Å². The van der Waals surface area contributed by atoms with E-state index in [4.69, 9.17) is 5.73 Å². The van der Waals surface area contributed by atoms with Crippen LogP contribution in [0.2, 0.25) is 0 Å². The van der Waals surface area contributed by atoms with Crippen LogP contribution in [-0.4, -0.2) is 49.6 Å². The first-order valence-corrected chi connectivity index (χ1v) is 4.71. The van der Waals surface area contributed by atoms with Gasteiger partial charge in [0.1, 0.15) is 0 Å². The van der Waals surface area contributed by atoms with Gasteiger partial charge in [-0.2, -0.15) is 0 Å². The van der Waals surface area contributed by atoms with E-state index >= 15 is 0 Å². The zero-order chi connectivity index (χ0) is 10.4. The Balaban J connectivity index is 1.98. The highest BCUT2D eigenvalue weighted by atomic mass is 16.2. The highest BCUT2D eigenvalue weighted by Crippen LogP contribution is 1.93. The lowest BCUT2D eigenvalue weighted by Crippen LogP contribution is -2.37. The van der Waals surface area contributed by atoms with Crippen LogP contribution in [0.4, 0.5) is 0 Å². The zero-order valence-electron chi connectivity index (χ0n) is 8.08. The lowest BCUT2D eigenvalue weighted by molar-refractivity contribution is -0.137. The van der Waals surface area contributed by atoms with Gasteiger partial charge in [-0.3, -0.25) is 14.5 Å². The molecule has 1 rings (SSSR count). The minimum atomic E-state index is -0.923. The molecule has 0 spiro atoms. The summed E-state index contributed by atoms with van der Waals surface area (Å²) in [4.78, 5) is 23.3. The Morgan fingerprint density at radius 2 is 2.29 bits per heavy atom. The fraction of sp³-hybridized carbons (Fsp3) is 0.750. The van der Waals surface area contributed by atoms with E-state index in [0.29, 0.717) is 6.54 Å². The van der Waals surface area contributed by atoms with E-state index in [1.807, 2.05) is 0 Å². The summed E-state index contributed by atoms with van der Waals surface area (Å²) < 4.78 is 0. The van der Waals surface area contributed by atoms with Crippen LogP contribution in [0, 0.1) is 0 Å². The predicted molar refractivity (Wildman–Crippen MR) is 51.3 cm³/mol. The summed E-state index contributed by atoms with van der Waals surface area (Å²) in [6.07, 6.45) is 0.834. The van der Waals surface area contributed by atoms with Gasteiger partial charge in [0.05, 0.1) is 0 Å². The van der Waals surface area contributed by atoms with Crippen molar-refractivity contribution in [3.63, 3.8) is 0 Å². The molecule has 0 bridgehead atoms. The van der Waals surface area contributed by atoms with Crippen molar-refractivity contribution in [1.82, 2.24) is 15.5 Å².